The number of rotatable bonds is 7. The molecule has 6 atom stereocenters. The van der Waals surface area contributed by atoms with Crippen molar-refractivity contribution in [3.63, 3.8) is 0 Å². The van der Waals surface area contributed by atoms with Crippen LogP contribution < -0.4 is 0 Å². The average molecular weight is 607 g/mol. The molecular formula is C26H48Br2N2Ni. The van der Waals surface area contributed by atoms with E-state index < -0.39 is 0 Å². The summed E-state index contributed by atoms with van der Waals surface area (Å²) in [6.45, 7) is 18.7. The van der Waals surface area contributed by atoms with Crippen molar-refractivity contribution in [1.29, 1.82) is 0 Å². The number of nitrogens with zero attached hydrogens (tertiary/aromatic N) is 2. The SMILES string of the molecule is CCC1CCCC(C(C)C)C1N=C(C)C(C)=NC1C(CC)CCCC1C(C)C.[Br][Ni][Br]. The number of aliphatic imine (C=N–C) groups is 2. The van der Waals surface area contributed by atoms with Crippen LogP contribution in [0.3, 0.4) is 0 Å². The molecule has 0 aliphatic heterocycles. The maximum absolute atomic E-state index is 5.36. The summed E-state index contributed by atoms with van der Waals surface area (Å²) >= 11 is 6.00. The summed E-state index contributed by atoms with van der Waals surface area (Å²) in [6.07, 6.45) is 10.7. The summed E-state index contributed by atoms with van der Waals surface area (Å²) in [6, 6.07) is 0.997. The molecule has 0 heterocycles. The van der Waals surface area contributed by atoms with Gasteiger partial charge in [-0.1, -0.05) is 67.2 Å². The zero-order valence-electron chi connectivity index (χ0n) is 21.2. The van der Waals surface area contributed by atoms with Crippen LogP contribution in [0.15, 0.2) is 9.98 Å². The third kappa shape index (κ3) is 9.16. The topological polar surface area (TPSA) is 24.7 Å². The second-order valence-corrected chi connectivity index (χ2v) is 15.5. The van der Waals surface area contributed by atoms with E-state index in [1.54, 1.807) is 0 Å². The van der Waals surface area contributed by atoms with Crippen molar-refractivity contribution in [2.45, 2.75) is 119 Å². The summed E-state index contributed by atoms with van der Waals surface area (Å²) in [5, 5.41) is 0. The van der Waals surface area contributed by atoms with E-state index >= 15 is 0 Å². The second-order valence-electron chi connectivity index (χ2n) is 10.5. The Labute approximate surface area is 214 Å². The first kappa shape index (κ1) is 29.8. The molecular weight excluding hydrogens is 559 g/mol. The molecule has 0 bridgehead atoms. The summed E-state index contributed by atoms with van der Waals surface area (Å²) < 4.78 is 0. The number of halogens is 2. The van der Waals surface area contributed by atoms with Gasteiger partial charge in [0.1, 0.15) is 0 Å². The van der Waals surface area contributed by atoms with Gasteiger partial charge in [-0.15, -0.1) is 0 Å². The zero-order valence-corrected chi connectivity index (χ0v) is 25.4. The molecule has 2 saturated carbocycles. The summed E-state index contributed by atoms with van der Waals surface area (Å²) in [5.41, 5.74) is 2.41. The summed E-state index contributed by atoms with van der Waals surface area (Å²) in [5.74, 6) is 4.43. The molecule has 0 amide bonds. The molecule has 0 saturated heterocycles. The second kappa shape index (κ2) is 15.6. The van der Waals surface area contributed by atoms with Crippen molar-refractivity contribution in [2.75, 3.05) is 0 Å². The van der Waals surface area contributed by atoms with Crippen LogP contribution in [-0.2, 0) is 10.9 Å². The van der Waals surface area contributed by atoms with Crippen LogP contribution in [0.5, 0.6) is 0 Å². The molecule has 0 N–H and O–H groups in total. The van der Waals surface area contributed by atoms with Crippen LogP contribution >= 0.6 is 28.5 Å². The molecule has 31 heavy (non-hydrogen) atoms. The Kier molecular flexibility index (Phi) is 15.1. The van der Waals surface area contributed by atoms with Crippen molar-refractivity contribution in [1.82, 2.24) is 0 Å². The fourth-order valence-corrected chi connectivity index (χ4v) is 6.00. The van der Waals surface area contributed by atoms with E-state index in [1.165, 1.54) is 73.7 Å². The van der Waals surface area contributed by atoms with Crippen molar-refractivity contribution in [3.05, 3.63) is 0 Å². The minimum atomic E-state index is 0.498. The van der Waals surface area contributed by atoms with Gasteiger partial charge in [-0.3, -0.25) is 9.98 Å². The first-order chi connectivity index (χ1) is 14.7. The fraction of sp³-hybridized carbons (Fsp3) is 0.923. The Hall–Kier alpha value is 0.794. The van der Waals surface area contributed by atoms with Gasteiger partial charge in [0.25, 0.3) is 0 Å². The predicted molar refractivity (Wildman–Crippen MR) is 144 cm³/mol. The van der Waals surface area contributed by atoms with E-state index in [0.29, 0.717) is 12.1 Å². The third-order valence-corrected chi connectivity index (χ3v) is 8.04. The maximum atomic E-state index is 5.36. The molecule has 5 heteroatoms. The van der Waals surface area contributed by atoms with E-state index in [9.17, 15) is 0 Å². The van der Waals surface area contributed by atoms with Gasteiger partial charge in [-0.05, 0) is 75.0 Å². The fourth-order valence-electron chi connectivity index (χ4n) is 6.00. The van der Waals surface area contributed by atoms with Gasteiger partial charge in [-0.2, -0.15) is 0 Å². The molecule has 2 rings (SSSR count). The van der Waals surface area contributed by atoms with E-state index in [2.05, 4.69) is 83.8 Å². The molecule has 2 aliphatic rings. The third-order valence-electron chi connectivity index (χ3n) is 8.04. The van der Waals surface area contributed by atoms with Crippen molar-refractivity contribution in [3.8, 4) is 0 Å². The van der Waals surface area contributed by atoms with Crippen LogP contribution in [-0.4, -0.2) is 23.5 Å². The monoisotopic (exact) mass is 604 g/mol. The van der Waals surface area contributed by atoms with Crippen LogP contribution in [0.2, 0.25) is 0 Å². The van der Waals surface area contributed by atoms with Gasteiger partial charge in [0, 0.05) is 0 Å². The molecule has 2 aliphatic carbocycles. The quantitative estimate of drug-likeness (QED) is 0.204. The van der Waals surface area contributed by atoms with Crippen LogP contribution in [0, 0.1) is 35.5 Å². The molecule has 0 aromatic heterocycles. The number of hydrogen-bond donors (Lipinski definition) is 0. The first-order valence-electron chi connectivity index (χ1n) is 12.6. The van der Waals surface area contributed by atoms with Gasteiger partial charge in [0.15, 0.2) is 0 Å². The Balaban J connectivity index is 0.00000151. The van der Waals surface area contributed by atoms with E-state index in [4.69, 9.17) is 9.98 Å². The van der Waals surface area contributed by atoms with E-state index in [1.807, 2.05) is 0 Å². The summed E-state index contributed by atoms with van der Waals surface area (Å²) in [4.78, 5) is 10.7. The van der Waals surface area contributed by atoms with Crippen LogP contribution in [0.4, 0.5) is 0 Å². The normalized spacial score (nSPS) is 32.9. The van der Waals surface area contributed by atoms with Crippen molar-refractivity contribution < 1.29 is 10.9 Å². The van der Waals surface area contributed by atoms with E-state index in [0.717, 1.165) is 35.5 Å². The van der Waals surface area contributed by atoms with Gasteiger partial charge in [0.2, 0.25) is 0 Å². The standard InChI is InChI=1S/C26H48N2.2BrH.Ni/c1-9-21-13-11-15-23(17(3)4)25(21)27-19(7)20(8)28-26-22(10-2)14-12-16-24(26)18(5)6;;;/h17-18,21-26H,9-16H2,1-8H3;2*1H;/q;;;+2/p-2. The van der Waals surface area contributed by atoms with Gasteiger partial charge in [-0.25, -0.2) is 0 Å². The molecule has 6 unspecified atom stereocenters. The number of hydrogen-bond acceptors (Lipinski definition) is 2. The molecule has 0 spiro atoms. The zero-order chi connectivity index (χ0) is 23.6. The van der Waals surface area contributed by atoms with Gasteiger partial charge < -0.3 is 0 Å². The van der Waals surface area contributed by atoms with Gasteiger partial charge >= 0.3 is 39.3 Å². The molecule has 0 aromatic carbocycles. The van der Waals surface area contributed by atoms with Crippen LogP contribution in [0.1, 0.15) is 107 Å². The molecule has 0 radical (unpaired) electrons. The minimum absolute atomic E-state index is 0.498. The predicted octanol–water partition coefficient (Wildman–Crippen LogP) is 9.30. The molecule has 2 nitrogen and oxygen atoms in total. The molecule has 2 fully saturated rings. The van der Waals surface area contributed by atoms with E-state index in [-0.39, 0.29) is 0 Å². The Bertz CT molecular complexity index is 514. The Morgan fingerprint density at radius 3 is 1.32 bits per heavy atom. The molecule has 0 aromatic rings. The van der Waals surface area contributed by atoms with Crippen molar-refractivity contribution >= 4 is 39.9 Å². The first-order valence-corrected chi connectivity index (χ1v) is 17.5. The Morgan fingerprint density at radius 1 is 0.742 bits per heavy atom. The van der Waals surface area contributed by atoms with Crippen LogP contribution in [0.25, 0.3) is 0 Å². The Morgan fingerprint density at radius 2 is 1.06 bits per heavy atom. The van der Waals surface area contributed by atoms with Gasteiger partial charge in [0.05, 0.1) is 23.5 Å². The average Bonchev–Trinajstić information content (AvgIpc) is 2.74. The van der Waals surface area contributed by atoms with Crippen molar-refractivity contribution in [2.24, 2.45) is 45.5 Å². The summed E-state index contributed by atoms with van der Waals surface area (Å²) in [7, 11) is 1.25. The molecule has 186 valence electrons.